The zero-order valence-corrected chi connectivity index (χ0v) is 14.0. The number of nitrogens with one attached hydrogen (secondary N) is 1. The summed E-state index contributed by atoms with van der Waals surface area (Å²) < 4.78 is 11.3. The molecule has 5 heteroatoms. The maximum atomic E-state index is 12.5. The van der Waals surface area contributed by atoms with Crippen LogP contribution in [0.25, 0.3) is 0 Å². The molecule has 4 nitrogen and oxygen atoms in total. The summed E-state index contributed by atoms with van der Waals surface area (Å²) in [7, 11) is 0. The van der Waals surface area contributed by atoms with Crippen LogP contribution in [0.2, 0.25) is 5.02 Å². The van der Waals surface area contributed by atoms with Gasteiger partial charge in [-0.3, -0.25) is 4.79 Å². The summed E-state index contributed by atoms with van der Waals surface area (Å²) in [5, 5.41) is 3.33. The summed E-state index contributed by atoms with van der Waals surface area (Å²) >= 11 is 6.08. The molecular weight excluding hydrogens is 314 g/mol. The minimum atomic E-state index is -0.635. The second kappa shape index (κ2) is 8.44. The Morgan fingerprint density at radius 1 is 1.09 bits per heavy atom. The van der Waals surface area contributed by atoms with Gasteiger partial charge in [-0.15, -0.1) is 0 Å². The lowest BCUT2D eigenvalue weighted by Gasteiger charge is -2.19. The summed E-state index contributed by atoms with van der Waals surface area (Å²) in [6.45, 7) is 4.31. The Kier molecular flexibility index (Phi) is 6.29. The van der Waals surface area contributed by atoms with Gasteiger partial charge in [0.15, 0.2) is 6.10 Å². The van der Waals surface area contributed by atoms with Gasteiger partial charge in [0.05, 0.1) is 17.3 Å². The molecule has 23 heavy (non-hydrogen) atoms. The topological polar surface area (TPSA) is 47.6 Å². The molecular formula is C18H20ClNO3. The largest absolute Gasteiger partial charge is 0.492 e. The number of carbonyl (C=O) groups excluding carboxylic acids is 1. The van der Waals surface area contributed by atoms with Gasteiger partial charge in [-0.1, -0.05) is 42.8 Å². The van der Waals surface area contributed by atoms with Crippen molar-refractivity contribution in [1.82, 2.24) is 0 Å². The normalized spacial score (nSPS) is 11.6. The molecule has 0 saturated heterocycles. The van der Waals surface area contributed by atoms with Gasteiger partial charge in [0.2, 0.25) is 0 Å². The van der Waals surface area contributed by atoms with Crippen LogP contribution in [0.4, 0.5) is 5.69 Å². The van der Waals surface area contributed by atoms with Crippen molar-refractivity contribution < 1.29 is 14.3 Å². The predicted octanol–water partition coefficient (Wildman–Crippen LogP) is 4.53. The van der Waals surface area contributed by atoms with Crippen LogP contribution in [0.1, 0.15) is 20.3 Å². The molecule has 122 valence electrons. The standard InChI is InChI=1S/C18H20ClNO3/c1-3-15(23-16-11-7-5-9-13(16)19)18(21)20-14-10-6-8-12-17(14)22-4-2/h5-12,15H,3-4H2,1-2H3,(H,20,21)/t15-/m0/s1. The third kappa shape index (κ3) is 4.63. The number of carbonyl (C=O) groups is 1. The van der Waals surface area contributed by atoms with Gasteiger partial charge in [-0.05, 0) is 37.6 Å². The third-order valence-corrected chi connectivity index (χ3v) is 3.53. The fourth-order valence-corrected chi connectivity index (χ4v) is 2.26. The van der Waals surface area contributed by atoms with Gasteiger partial charge in [-0.25, -0.2) is 0 Å². The van der Waals surface area contributed by atoms with Gasteiger partial charge in [0.1, 0.15) is 11.5 Å². The van der Waals surface area contributed by atoms with Crippen molar-refractivity contribution in [2.75, 3.05) is 11.9 Å². The van der Waals surface area contributed by atoms with E-state index < -0.39 is 6.10 Å². The van der Waals surface area contributed by atoms with Gasteiger partial charge in [0, 0.05) is 0 Å². The molecule has 1 N–H and O–H groups in total. The van der Waals surface area contributed by atoms with Crippen LogP contribution >= 0.6 is 11.6 Å². The number of benzene rings is 2. The van der Waals surface area contributed by atoms with Gasteiger partial charge >= 0.3 is 0 Å². The Labute approximate surface area is 141 Å². The maximum Gasteiger partial charge on any atom is 0.265 e. The van der Waals surface area contributed by atoms with E-state index in [-0.39, 0.29) is 5.91 Å². The first-order chi connectivity index (χ1) is 11.2. The lowest BCUT2D eigenvalue weighted by Crippen LogP contribution is -2.32. The number of hydrogen-bond donors (Lipinski definition) is 1. The molecule has 0 aromatic heterocycles. The number of para-hydroxylation sites is 3. The Balaban J connectivity index is 2.10. The van der Waals surface area contributed by atoms with Crippen LogP contribution in [-0.4, -0.2) is 18.6 Å². The van der Waals surface area contributed by atoms with E-state index in [2.05, 4.69) is 5.32 Å². The van der Waals surface area contributed by atoms with Crippen LogP contribution in [0.15, 0.2) is 48.5 Å². The fraction of sp³-hybridized carbons (Fsp3) is 0.278. The third-order valence-electron chi connectivity index (χ3n) is 3.21. The molecule has 0 bridgehead atoms. The predicted molar refractivity (Wildman–Crippen MR) is 92.4 cm³/mol. The van der Waals surface area contributed by atoms with E-state index in [1.165, 1.54) is 0 Å². The van der Waals surface area contributed by atoms with Crippen molar-refractivity contribution in [2.24, 2.45) is 0 Å². The summed E-state index contributed by atoms with van der Waals surface area (Å²) in [5.74, 6) is 0.893. The zero-order chi connectivity index (χ0) is 16.7. The Bertz CT molecular complexity index is 660. The molecule has 0 unspecified atom stereocenters. The molecule has 0 saturated carbocycles. The van der Waals surface area contributed by atoms with Crippen molar-refractivity contribution in [1.29, 1.82) is 0 Å². The second-order valence-electron chi connectivity index (χ2n) is 4.86. The van der Waals surface area contributed by atoms with E-state index >= 15 is 0 Å². The Hall–Kier alpha value is -2.20. The first-order valence-electron chi connectivity index (χ1n) is 7.59. The van der Waals surface area contributed by atoms with Gasteiger partial charge < -0.3 is 14.8 Å². The van der Waals surface area contributed by atoms with E-state index in [1.807, 2.05) is 44.2 Å². The smallest absolute Gasteiger partial charge is 0.265 e. The zero-order valence-electron chi connectivity index (χ0n) is 13.2. The molecule has 0 aliphatic carbocycles. The van der Waals surface area contributed by atoms with Crippen LogP contribution in [0.5, 0.6) is 11.5 Å². The molecule has 2 aromatic carbocycles. The average molecular weight is 334 g/mol. The monoisotopic (exact) mass is 333 g/mol. The van der Waals surface area contributed by atoms with Crippen molar-refractivity contribution in [3.63, 3.8) is 0 Å². The summed E-state index contributed by atoms with van der Waals surface area (Å²) in [6.07, 6.45) is -0.113. The van der Waals surface area contributed by atoms with E-state index in [1.54, 1.807) is 18.2 Å². The number of anilines is 1. The first-order valence-corrected chi connectivity index (χ1v) is 7.97. The van der Waals surface area contributed by atoms with Crippen LogP contribution in [0, 0.1) is 0 Å². The number of rotatable bonds is 7. The van der Waals surface area contributed by atoms with E-state index in [0.717, 1.165) is 0 Å². The highest BCUT2D eigenvalue weighted by molar-refractivity contribution is 6.32. The number of hydrogen-bond acceptors (Lipinski definition) is 3. The fourth-order valence-electron chi connectivity index (χ4n) is 2.08. The molecule has 2 aromatic rings. The summed E-state index contributed by atoms with van der Waals surface area (Å²) in [4.78, 5) is 12.5. The van der Waals surface area contributed by atoms with E-state index in [0.29, 0.717) is 35.2 Å². The van der Waals surface area contributed by atoms with Gasteiger partial charge in [0.25, 0.3) is 5.91 Å². The van der Waals surface area contributed by atoms with E-state index in [9.17, 15) is 4.79 Å². The molecule has 1 atom stereocenters. The summed E-state index contributed by atoms with van der Waals surface area (Å²) in [5.41, 5.74) is 0.626. The Morgan fingerprint density at radius 3 is 2.39 bits per heavy atom. The quantitative estimate of drug-likeness (QED) is 0.809. The highest BCUT2D eigenvalue weighted by Crippen LogP contribution is 2.27. The van der Waals surface area contributed by atoms with Crippen molar-refractivity contribution in [3.8, 4) is 11.5 Å². The van der Waals surface area contributed by atoms with E-state index in [4.69, 9.17) is 21.1 Å². The molecule has 2 rings (SSSR count). The highest BCUT2D eigenvalue weighted by Gasteiger charge is 2.20. The second-order valence-corrected chi connectivity index (χ2v) is 5.27. The molecule has 0 radical (unpaired) electrons. The molecule has 0 aliphatic rings. The minimum Gasteiger partial charge on any atom is -0.492 e. The minimum absolute atomic E-state index is 0.237. The maximum absolute atomic E-state index is 12.5. The average Bonchev–Trinajstić information content (AvgIpc) is 2.56. The molecule has 0 fully saturated rings. The van der Waals surface area contributed by atoms with Crippen LogP contribution in [-0.2, 0) is 4.79 Å². The molecule has 0 heterocycles. The van der Waals surface area contributed by atoms with Gasteiger partial charge in [-0.2, -0.15) is 0 Å². The number of halogens is 1. The highest BCUT2D eigenvalue weighted by atomic mass is 35.5. The lowest BCUT2D eigenvalue weighted by atomic mass is 10.2. The SMILES string of the molecule is CCOc1ccccc1NC(=O)[C@H](CC)Oc1ccccc1Cl. The van der Waals surface area contributed by atoms with Crippen molar-refractivity contribution in [2.45, 2.75) is 26.4 Å². The number of amides is 1. The molecule has 0 aliphatic heterocycles. The Morgan fingerprint density at radius 2 is 1.74 bits per heavy atom. The first kappa shape index (κ1) is 17.2. The summed E-state index contributed by atoms with van der Waals surface area (Å²) in [6, 6.07) is 14.4. The molecule has 1 amide bonds. The van der Waals surface area contributed by atoms with Crippen molar-refractivity contribution >= 4 is 23.2 Å². The lowest BCUT2D eigenvalue weighted by molar-refractivity contribution is -0.122. The van der Waals surface area contributed by atoms with Crippen molar-refractivity contribution in [3.05, 3.63) is 53.6 Å². The number of ether oxygens (including phenoxy) is 2. The molecule has 0 spiro atoms. The van der Waals surface area contributed by atoms with Crippen LogP contribution in [0.3, 0.4) is 0 Å². The van der Waals surface area contributed by atoms with Crippen LogP contribution < -0.4 is 14.8 Å².